The average molecular weight is 486 g/mol. The van der Waals surface area contributed by atoms with E-state index >= 15 is 0 Å². The van der Waals surface area contributed by atoms with Crippen LogP contribution in [0.5, 0.6) is 0 Å². The molecule has 1 unspecified atom stereocenters. The van der Waals surface area contributed by atoms with E-state index in [1.54, 1.807) is 7.05 Å². The van der Waals surface area contributed by atoms with Gasteiger partial charge in [-0.05, 0) is 25.5 Å². The van der Waals surface area contributed by atoms with Crippen molar-refractivity contribution in [3.63, 3.8) is 0 Å². The van der Waals surface area contributed by atoms with Gasteiger partial charge in [-0.3, -0.25) is 9.79 Å². The SMILES string of the molecule is CCCCCC(C)NC(=NC)NCC(=O)Nc1ccc(F)c(F)c1F.I. The second-order valence-corrected chi connectivity index (χ2v) is 5.74. The van der Waals surface area contributed by atoms with Gasteiger partial charge in [0.1, 0.15) is 0 Å². The largest absolute Gasteiger partial charge is 0.354 e. The molecule has 0 heterocycles. The maximum absolute atomic E-state index is 13.5. The van der Waals surface area contributed by atoms with Crippen molar-refractivity contribution >= 4 is 41.5 Å². The predicted octanol–water partition coefficient (Wildman–Crippen LogP) is 3.79. The minimum absolute atomic E-state index is 0. The lowest BCUT2D eigenvalue weighted by Gasteiger charge is -2.17. The third kappa shape index (κ3) is 8.24. The lowest BCUT2D eigenvalue weighted by molar-refractivity contribution is -0.115. The quantitative estimate of drug-likeness (QED) is 0.172. The molecule has 148 valence electrons. The van der Waals surface area contributed by atoms with Crippen molar-refractivity contribution in [2.45, 2.75) is 45.6 Å². The van der Waals surface area contributed by atoms with Gasteiger partial charge in [-0.25, -0.2) is 13.2 Å². The highest BCUT2D eigenvalue weighted by atomic mass is 127. The summed E-state index contributed by atoms with van der Waals surface area (Å²) >= 11 is 0. The van der Waals surface area contributed by atoms with Gasteiger partial charge in [0.2, 0.25) is 5.91 Å². The molecule has 1 amide bonds. The molecule has 9 heteroatoms. The van der Waals surface area contributed by atoms with Gasteiger partial charge in [-0.2, -0.15) is 0 Å². The molecule has 0 saturated heterocycles. The summed E-state index contributed by atoms with van der Waals surface area (Å²) in [6.45, 7) is 3.95. The molecule has 26 heavy (non-hydrogen) atoms. The highest BCUT2D eigenvalue weighted by Crippen LogP contribution is 2.19. The van der Waals surface area contributed by atoms with Crippen LogP contribution in [0.1, 0.15) is 39.5 Å². The molecule has 1 aromatic carbocycles. The Morgan fingerprint density at radius 1 is 1.19 bits per heavy atom. The molecule has 0 aromatic heterocycles. The third-order valence-corrected chi connectivity index (χ3v) is 3.57. The smallest absolute Gasteiger partial charge is 0.243 e. The Hall–Kier alpha value is -1.52. The number of aliphatic imine (C=N–C) groups is 1. The Balaban J connectivity index is 0.00000625. The zero-order chi connectivity index (χ0) is 18.8. The minimum Gasteiger partial charge on any atom is -0.354 e. The van der Waals surface area contributed by atoms with Gasteiger partial charge in [0, 0.05) is 13.1 Å². The van der Waals surface area contributed by atoms with E-state index < -0.39 is 29.0 Å². The van der Waals surface area contributed by atoms with E-state index in [4.69, 9.17) is 0 Å². The van der Waals surface area contributed by atoms with Gasteiger partial charge in [0.25, 0.3) is 0 Å². The lowest BCUT2D eigenvalue weighted by atomic mass is 10.1. The van der Waals surface area contributed by atoms with E-state index in [0.29, 0.717) is 5.96 Å². The average Bonchev–Trinajstić information content (AvgIpc) is 2.59. The van der Waals surface area contributed by atoms with Crippen LogP contribution in [0.3, 0.4) is 0 Å². The first-order valence-corrected chi connectivity index (χ1v) is 8.29. The molecule has 0 aliphatic carbocycles. The zero-order valence-electron chi connectivity index (χ0n) is 15.2. The maximum Gasteiger partial charge on any atom is 0.243 e. The number of carbonyl (C=O) groups is 1. The van der Waals surface area contributed by atoms with Gasteiger partial charge < -0.3 is 16.0 Å². The molecule has 3 N–H and O–H groups in total. The van der Waals surface area contributed by atoms with Crippen LogP contribution >= 0.6 is 24.0 Å². The van der Waals surface area contributed by atoms with Crippen LogP contribution < -0.4 is 16.0 Å². The number of amides is 1. The van der Waals surface area contributed by atoms with Gasteiger partial charge in [0.15, 0.2) is 23.4 Å². The summed E-state index contributed by atoms with van der Waals surface area (Å²) in [6, 6.07) is 1.90. The van der Waals surface area contributed by atoms with Crippen LogP contribution in [0.15, 0.2) is 17.1 Å². The topological polar surface area (TPSA) is 65.5 Å². The number of nitrogens with one attached hydrogen (secondary N) is 3. The van der Waals surface area contributed by atoms with Crippen LogP contribution in [0, 0.1) is 17.5 Å². The normalized spacial score (nSPS) is 12.2. The molecule has 0 fully saturated rings. The molecular formula is C17H26F3IN4O. The molecule has 0 aliphatic heterocycles. The number of halogens is 4. The van der Waals surface area contributed by atoms with Crippen molar-refractivity contribution in [2.24, 2.45) is 4.99 Å². The van der Waals surface area contributed by atoms with Crippen molar-refractivity contribution in [1.29, 1.82) is 0 Å². The van der Waals surface area contributed by atoms with Gasteiger partial charge in [-0.1, -0.05) is 26.2 Å². The van der Waals surface area contributed by atoms with Gasteiger partial charge in [0.05, 0.1) is 12.2 Å². The molecule has 1 rings (SSSR count). The van der Waals surface area contributed by atoms with Crippen LogP contribution in [0.25, 0.3) is 0 Å². The van der Waals surface area contributed by atoms with Crippen molar-refractivity contribution in [2.75, 3.05) is 18.9 Å². The fraction of sp³-hybridized carbons (Fsp3) is 0.529. The first-order valence-electron chi connectivity index (χ1n) is 8.29. The predicted molar refractivity (Wildman–Crippen MR) is 108 cm³/mol. The van der Waals surface area contributed by atoms with Crippen LogP contribution in [0.4, 0.5) is 18.9 Å². The van der Waals surface area contributed by atoms with Gasteiger partial charge in [-0.15, -0.1) is 24.0 Å². The number of hydrogen-bond donors (Lipinski definition) is 3. The Kier molecular flexibility index (Phi) is 12.0. The van der Waals surface area contributed by atoms with E-state index in [2.05, 4.69) is 27.9 Å². The molecule has 1 atom stereocenters. The highest BCUT2D eigenvalue weighted by Gasteiger charge is 2.15. The molecule has 0 radical (unpaired) electrons. The summed E-state index contributed by atoms with van der Waals surface area (Å²) in [4.78, 5) is 15.8. The van der Waals surface area contributed by atoms with E-state index in [1.165, 1.54) is 0 Å². The van der Waals surface area contributed by atoms with E-state index in [9.17, 15) is 18.0 Å². The Morgan fingerprint density at radius 3 is 2.50 bits per heavy atom. The van der Waals surface area contributed by atoms with Gasteiger partial charge >= 0.3 is 0 Å². The molecule has 0 aliphatic rings. The number of rotatable bonds is 8. The zero-order valence-corrected chi connectivity index (χ0v) is 17.5. The Labute approximate surface area is 169 Å². The fourth-order valence-corrected chi connectivity index (χ4v) is 2.18. The van der Waals surface area contributed by atoms with E-state index in [-0.39, 0.29) is 36.6 Å². The standard InChI is InChI=1S/C17H25F3N4O.HI/c1-4-5-6-7-11(2)23-17(21-3)22-10-14(25)24-13-9-8-12(18)15(19)16(13)20;/h8-9,11H,4-7,10H2,1-3H3,(H,24,25)(H2,21,22,23);1H. The monoisotopic (exact) mass is 486 g/mol. The van der Waals surface area contributed by atoms with Crippen molar-refractivity contribution in [3.8, 4) is 0 Å². The summed E-state index contributed by atoms with van der Waals surface area (Å²) in [6.07, 6.45) is 4.36. The van der Waals surface area contributed by atoms with E-state index in [1.807, 2.05) is 6.92 Å². The molecule has 0 bridgehead atoms. The number of hydrogen-bond acceptors (Lipinski definition) is 2. The van der Waals surface area contributed by atoms with Crippen molar-refractivity contribution < 1.29 is 18.0 Å². The summed E-state index contributed by atoms with van der Waals surface area (Å²) in [5, 5.41) is 8.13. The first kappa shape index (κ1) is 24.5. The summed E-state index contributed by atoms with van der Waals surface area (Å²) in [5.41, 5.74) is -0.415. The van der Waals surface area contributed by atoms with E-state index in [0.717, 1.165) is 37.8 Å². The number of unbranched alkanes of at least 4 members (excludes halogenated alkanes) is 2. The second-order valence-electron chi connectivity index (χ2n) is 5.74. The molecule has 0 spiro atoms. The number of nitrogens with zero attached hydrogens (tertiary/aromatic N) is 1. The van der Waals surface area contributed by atoms with Crippen LogP contribution in [-0.2, 0) is 4.79 Å². The second kappa shape index (κ2) is 12.8. The van der Waals surface area contributed by atoms with Crippen LogP contribution in [0.2, 0.25) is 0 Å². The fourth-order valence-electron chi connectivity index (χ4n) is 2.18. The maximum atomic E-state index is 13.5. The summed E-state index contributed by atoms with van der Waals surface area (Å²) < 4.78 is 39.5. The minimum atomic E-state index is -1.62. The van der Waals surface area contributed by atoms with Crippen molar-refractivity contribution in [3.05, 3.63) is 29.6 Å². The van der Waals surface area contributed by atoms with Crippen molar-refractivity contribution in [1.82, 2.24) is 10.6 Å². The lowest BCUT2D eigenvalue weighted by Crippen LogP contribution is -2.45. The molecule has 0 saturated carbocycles. The third-order valence-electron chi connectivity index (χ3n) is 3.57. The molecule has 1 aromatic rings. The summed E-state index contributed by atoms with van der Waals surface area (Å²) in [7, 11) is 1.57. The first-order chi connectivity index (χ1) is 11.9. The number of carbonyl (C=O) groups excluding carboxylic acids is 1. The number of benzene rings is 1. The molecule has 5 nitrogen and oxygen atoms in total. The summed E-state index contributed by atoms with van der Waals surface area (Å²) in [5.74, 6) is -4.53. The molecular weight excluding hydrogens is 460 g/mol. The highest BCUT2D eigenvalue weighted by molar-refractivity contribution is 14.0. The number of guanidine groups is 1. The van der Waals surface area contributed by atoms with Crippen LogP contribution in [-0.4, -0.2) is 31.5 Å². The Morgan fingerprint density at radius 2 is 1.88 bits per heavy atom. The Bertz CT molecular complexity index is 614. The number of anilines is 1.